The third-order valence-electron chi connectivity index (χ3n) is 4.18. The SMILES string of the molecule is O=C(N1CCc2[nH]cnc2C12CCNCC2)C(F)(F)F. The van der Waals surface area contributed by atoms with E-state index in [2.05, 4.69) is 15.3 Å². The monoisotopic (exact) mass is 288 g/mol. The summed E-state index contributed by atoms with van der Waals surface area (Å²) in [6.07, 6.45) is -2.06. The van der Waals surface area contributed by atoms with Gasteiger partial charge in [0.15, 0.2) is 0 Å². The average Bonchev–Trinajstić information content (AvgIpc) is 2.88. The Hall–Kier alpha value is -1.57. The first-order valence-corrected chi connectivity index (χ1v) is 6.57. The second-order valence-corrected chi connectivity index (χ2v) is 5.22. The number of fused-ring (bicyclic) bond motifs is 2. The maximum atomic E-state index is 12.8. The molecule has 110 valence electrons. The molecule has 2 N–H and O–H groups in total. The Labute approximate surface area is 113 Å². The van der Waals surface area contributed by atoms with Gasteiger partial charge in [0, 0.05) is 18.7 Å². The molecule has 0 aromatic carbocycles. The van der Waals surface area contributed by atoms with E-state index in [1.54, 1.807) is 0 Å². The van der Waals surface area contributed by atoms with E-state index in [1.165, 1.54) is 6.33 Å². The van der Waals surface area contributed by atoms with E-state index in [0.29, 0.717) is 38.0 Å². The lowest BCUT2D eigenvalue weighted by molar-refractivity contribution is -0.194. The molecule has 1 aromatic heterocycles. The molecule has 0 saturated carbocycles. The van der Waals surface area contributed by atoms with Crippen molar-refractivity contribution >= 4 is 5.91 Å². The predicted octanol–water partition coefficient (Wildman–Crippen LogP) is 0.935. The van der Waals surface area contributed by atoms with Crippen molar-refractivity contribution in [2.24, 2.45) is 0 Å². The molecular weight excluding hydrogens is 273 g/mol. The molecular formula is C12H15F3N4O. The minimum atomic E-state index is -4.84. The fraction of sp³-hybridized carbons (Fsp3) is 0.667. The van der Waals surface area contributed by atoms with Gasteiger partial charge in [-0.15, -0.1) is 0 Å². The molecule has 2 aliphatic rings. The van der Waals surface area contributed by atoms with Gasteiger partial charge in [0.05, 0.1) is 17.6 Å². The van der Waals surface area contributed by atoms with Crippen LogP contribution in [0, 0.1) is 0 Å². The summed E-state index contributed by atoms with van der Waals surface area (Å²) in [5.41, 5.74) is 0.520. The molecule has 20 heavy (non-hydrogen) atoms. The number of H-pyrrole nitrogens is 1. The molecule has 8 heteroatoms. The van der Waals surface area contributed by atoms with Crippen LogP contribution in [0.15, 0.2) is 6.33 Å². The van der Waals surface area contributed by atoms with Crippen molar-refractivity contribution in [2.75, 3.05) is 19.6 Å². The maximum Gasteiger partial charge on any atom is 0.471 e. The maximum absolute atomic E-state index is 12.8. The molecule has 1 fully saturated rings. The molecule has 1 aromatic rings. The summed E-state index contributed by atoms with van der Waals surface area (Å²) in [6, 6.07) is 0. The zero-order valence-corrected chi connectivity index (χ0v) is 10.8. The van der Waals surface area contributed by atoms with Crippen LogP contribution >= 0.6 is 0 Å². The van der Waals surface area contributed by atoms with E-state index in [4.69, 9.17) is 0 Å². The van der Waals surface area contributed by atoms with Crippen LogP contribution in [0.25, 0.3) is 0 Å². The molecule has 5 nitrogen and oxygen atoms in total. The van der Waals surface area contributed by atoms with Crippen LogP contribution in [-0.4, -0.2) is 46.6 Å². The highest BCUT2D eigenvalue weighted by Crippen LogP contribution is 2.42. The van der Waals surface area contributed by atoms with Crippen LogP contribution in [0.4, 0.5) is 13.2 Å². The van der Waals surface area contributed by atoms with Gasteiger partial charge in [-0.3, -0.25) is 4.79 Å². The van der Waals surface area contributed by atoms with Gasteiger partial charge in [-0.2, -0.15) is 13.2 Å². The van der Waals surface area contributed by atoms with Crippen molar-refractivity contribution in [2.45, 2.75) is 31.0 Å². The number of aromatic amines is 1. The van der Waals surface area contributed by atoms with Crippen LogP contribution in [0.1, 0.15) is 24.2 Å². The quantitative estimate of drug-likeness (QED) is 0.747. The molecule has 3 heterocycles. The van der Waals surface area contributed by atoms with E-state index >= 15 is 0 Å². The third kappa shape index (κ3) is 1.90. The first kappa shape index (κ1) is 13.4. The predicted molar refractivity (Wildman–Crippen MR) is 63.8 cm³/mol. The Morgan fingerprint density at radius 1 is 1.35 bits per heavy atom. The van der Waals surface area contributed by atoms with Crippen molar-refractivity contribution < 1.29 is 18.0 Å². The molecule has 3 rings (SSSR count). The van der Waals surface area contributed by atoms with E-state index in [9.17, 15) is 18.0 Å². The molecule has 0 bridgehead atoms. The van der Waals surface area contributed by atoms with Gasteiger partial charge in [-0.1, -0.05) is 0 Å². The second-order valence-electron chi connectivity index (χ2n) is 5.22. The normalized spacial score (nSPS) is 21.9. The van der Waals surface area contributed by atoms with E-state index in [0.717, 1.165) is 10.6 Å². The molecule has 1 spiro atoms. The fourth-order valence-corrected chi connectivity index (χ4v) is 3.27. The number of amides is 1. The summed E-state index contributed by atoms with van der Waals surface area (Å²) in [7, 11) is 0. The number of alkyl halides is 3. The van der Waals surface area contributed by atoms with Crippen LogP contribution in [0.2, 0.25) is 0 Å². The number of nitrogens with zero attached hydrogens (tertiary/aromatic N) is 2. The Kier molecular flexibility index (Phi) is 3.00. The Balaban J connectivity index is 2.04. The highest BCUT2D eigenvalue weighted by atomic mass is 19.4. The van der Waals surface area contributed by atoms with E-state index in [-0.39, 0.29) is 6.54 Å². The third-order valence-corrected chi connectivity index (χ3v) is 4.18. The number of halogens is 3. The first-order valence-electron chi connectivity index (χ1n) is 6.57. The zero-order valence-electron chi connectivity index (χ0n) is 10.8. The van der Waals surface area contributed by atoms with Gasteiger partial charge in [0.25, 0.3) is 0 Å². The molecule has 0 atom stereocenters. The van der Waals surface area contributed by atoms with Gasteiger partial charge < -0.3 is 15.2 Å². The van der Waals surface area contributed by atoms with Gasteiger partial charge >= 0.3 is 12.1 Å². The Morgan fingerprint density at radius 2 is 2.05 bits per heavy atom. The van der Waals surface area contributed by atoms with Crippen LogP contribution in [-0.2, 0) is 16.8 Å². The van der Waals surface area contributed by atoms with E-state index < -0.39 is 17.6 Å². The molecule has 1 saturated heterocycles. The number of piperidine rings is 1. The molecule has 2 aliphatic heterocycles. The van der Waals surface area contributed by atoms with Crippen LogP contribution in [0.5, 0.6) is 0 Å². The number of hydrogen-bond acceptors (Lipinski definition) is 3. The number of carbonyl (C=O) groups excluding carboxylic acids is 1. The lowest BCUT2D eigenvalue weighted by atomic mass is 9.79. The van der Waals surface area contributed by atoms with Crippen molar-refractivity contribution in [3.63, 3.8) is 0 Å². The van der Waals surface area contributed by atoms with E-state index in [1.807, 2.05) is 0 Å². The summed E-state index contributed by atoms with van der Waals surface area (Å²) >= 11 is 0. The summed E-state index contributed by atoms with van der Waals surface area (Å²) in [5.74, 6) is -1.76. The summed E-state index contributed by atoms with van der Waals surface area (Å²) in [5, 5.41) is 3.12. The van der Waals surface area contributed by atoms with Crippen LogP contribution < -0.4 is 5.32 Å². The van der Waals surface area contributed by atoms with Crippen molar-refractivity contribution in [3.8, 4) is 0 Å². The number of rotatable bonds is 0. The number of aromatic nitrogens is 2. The highest BCUT2D eigenvalue weighted by Gasteiger charge is 2.54. The second kappa shape index (κ2) is 4.47. The fourth-order valence-electron chi connectivity index (χ4n) is 3.27. The standard InChI is InChI=1S/C12H15F3N4O/c13-12(14,15)10(20)19-6-1-8-9(18-7-17-8)11(19)2-4-16-5-3-11/h7,16H,1-6H2,(H,17,18). The number of nitrogens with one attached hydrogen (secondary N) is 2. The largest absolute Gasteiger partial charge is 0.471 e. The van der Waals surface area contributed by atoms with Crippen molar-refractivity contribution in [1.29, 1.82) is 0 Å². The van der Waals surface area contributed by atoms with Crippen LogP contribution in [0.3, 0.4) is 0 Å². The lowest BCUT2D eigenvalue weighted by Gasteiger charge is -2.48. The lowest BCUT2D eigenvalue weighted by Crippen LogP contribution is -2.60. The summed E-state index contributed by atoms with van der Waals surface area (Å²) in [6.45, 7) is 1.23. The van der Waals surface area contributed by atoms with Gasteiger partial charge in [0.1, 0.15) is 0 Å². The topological polar surface area (TPSA) is 61.0 Å². The number of hydrogen-bond donors (Lipinski definition) is 2. The van der Waals surface area contributed by atoms with Gasteiger partial charge in [0.2, 0.25) is 0 Å². The molecule has 0 unspecified atom stereocenters. The van der Waals surface area contributed by atoms with Gasteiger partial charge in [-0.25, -0.2) is 4.98 Å². The first-order chi connectivity index (χ1) is 9.45. The summed E-state index contributed by atoms with van der Waals surface area (Å²) < 4.78 is 38.5. The molecule has 1 amide bonds. The van der Waals surface area contributed by atoms with Crippen molar-refractivity contribution in [3.05, 3.63) is 17.7 Å². The highest BCUT2D eigenvalue weighted by molar-refractivity contribution is 5.83. The average molecular weight is 288 g/mol. The Morgan fingerprint density at radius 3 is 2.70 bits per heavy atom. The van der Waals surface area contributed by atoms with Crippen molar-refractivity contribution in [1.82, 2.24) is 20.2 Å². The minimum absolute atomic E-state index is 0.0769. The Bertz CT molecular complexity index is 519. The number of imidazole rings is 1. The summed E-state index contributed by atoms with van der Waals surface area (Å²) in [4.78, 5) is 19.9. The minimum Gasteiger partial charge on any atom is -0.348 e. The number of carbonyl (C=O) groups is 1. The smallest absolute Gasteiger partial charge is 0.348 e. The molecule has 0 aliphatic carbocycles. The van der Waals surface area contributed by atoms with Gasteiger partial charge in [-0.05, 0) is 25.9 Å². The zero-order chi connectivity index (χ0) is 14.4. The molecule has 0 radical (unpaired) electrons.